The van der Waals surface area contributed by atoms with Gasteiger partial charge in [-0.15, -0.1) is 0 Å². The molecule has 0 fully saturated rings. The highest BCUT2D eigenvalue weighted by Crippen LogP contribution is 2.03. The topological polar surface area (TPSA) is 98.6 Å². The average molecular weight is 214 g/mol. The van der Waals surface area contributed by atoms with Crippen LogP contribution in [0.25, 0.3) is 0 Å². The number of nitrogens with one attached hydrogen (secondary N) is 2. The molecule has 0 unspecified atom stereocenters. The van der Waals surface area contributed by atoms with Crippen molar-refractivity contribution < 1.29 is 8.42 Å². The summed E-state index contributed by atoms with van der Waals surface area (Å²) in [5, 5.41) is 8.25. The lowest BCUT2D eigenvalue weighted by Gasteiger charge is -2.00. The molecule has 0 amide bonds. The van der Waals surface area contributed by atoms with Crippen LogP contribution in [0.2, 0.25) is 0 Å². The van der Waals surface area contributed by atoms with E-state index in [0.29, 0.717) is 5.82 Å². The lowest BCUT2D eigenvalue weighted by Crippen LogP contribution is -2.24. The zero-order valence-electron chi connectivity index (χ0n) is 7.61. The fourth-order valence-electron chi connectivity index (χ4n) is 0.854. The molecule has 0 atom stereocenters. The molecule has 1 heterocycles. The van der Waals surface area contributed by atoms with Crippen LogP contribution >= 0.6 is 0 Å². The number of aromatic nitrogens is 2. The zero-order chi connectivity index (χ0) is 10.6. The van der Waals surface area contributed by atoms with Gasteiger partial charge in [-0.2, -0.15) is 5.26 Å². The van der Waals surface area contributed by atoms with Crippen molar-refractivity contribution in [3.8, 4) is 6.07 Å². The molecule has 0 spiro atoms. The van der Waals surface area contributed by atoms with E-state index < -0.39 is 10.0 Å². The van der Waals surface area contributed by atoms with E-state index in [1.54, 1.807) is 6.92 Å². The number of aryl methyl sites for hydroxylation is 1. The SMILES string of the molecule is Cc1ncc(S(=O)(=O)NCCC#N)[nH]1. The lowest BCUT2D eigenvalue weighted by molar-refractivity contribution is 0.579. The third-order valence-corrected chi connectivity index (χ3v) is 2.87. The van der Waals surface area contributed by atoms with Crippen molar-refractivity contribution in [1.29, 1.82) is 5.26 Å². The average Bonchev–Trinajstić information content (AvgIpc) is 2.53. The number of rotatable bonds is 4. The maximum absolute atomic E-state index is 11.4. The number of H-pyrrole nitrogens is 1. The molecule has 2 N–H and O–H groups in total. The Kier molecular flexibility index (Phi) is 3.22. The maximum Gasteiger partial charge on any atom is 0.257 e. The Bertz CT molecular complexity index is 443. The minimum Gasteiger partial charge on any atom is -0.332 e. The van der Waals surface area contributed by atoms with Crippen LogP contribution < -0.4 is 4.72 Å². The van der Waals surface area contributed by atoms with Crippen molar-refractivity contribution in [2.45, 2.75) is 18.4 Å². The zero-order valence-corrected chi connectivity index (χ0v) is 8.43. The summed E-state index contributed by atoms with van der Waals surface area (Å²) in [7, 11) is -3.53. The lowest BCUT2D eigenvalue weighted by atomic mass is 10.5. The third kappa shape index (κ3) is 2.55. The normalized spacial score (nSPS) is 11.1. The van der Waals surface area contributed by atoms with Gasteiger partial charge in [0, 0.05) is 13.0 Å². The van der Waals surface area contributed by atoms with Gasteiger partial charge in [-0.1, -0.05) is 0 Å². The quantitative estimate of drug-likeness (QED) is 0.684. The summed E-state index contributed by atoms with van der Waals surface area (Å²) >= 11 is 0. The molecular formula is C7H10N4O2S. The molecule has 0 aromatic carbocycles. The summed E-state index contributed by atoms with van der Waals surface area (Å²) in [6, 6.07) is 1.84. The van der Waals surface area contributed by atoms with E-state index in [9.17, 15) is 8.42 Å². The van der Waals surface area contributed by atoms with Crippen LogP contribution in [0.4, 0.5) is 0 Å². The molecule has 14 heavy (non-hydrogen) atoms. The van der Waals surface area contributed by atoms with Gasteiger partial charge in [0.1, 0.15) is 5.82 Å². The second-order valence-electron chi connectivity index (χ2n) is 2.64. The van der Waals surface area contributed by atoms with Crippen LogP contribution in [-0.2, 0) is 10.0 Å². The smallest absolute Gasteiger partial charge is 0.257 e. The van der Waals surface area contributed by atoms with Crippen LogP contribution in [0.3, 0.4) is 0 Å². The molecule has 0 radical (unpaired) electrons. The molecule has 1 rings (SSSR count). The number of aromatic amines is 1. The molecule has 0 saturated heterocycles. The minimum absolute atomic E-state index is 0.0212. The van der Waals surface area contributed by atoms with E-state index in [-0.39, 0.29) is 18.0 Å². The fourth-order valence-corrected chi connectivity index (χ4v) is 1.85. The summed E-state index contributed by atoms with van der Waals surface area (Å²) in [6.45, 7) is 1.77. The maximum atomic E-state index is 11.4. The first kappa shape index (κ1) is 10.7. The van der Waals surface area contributed by atoms with E-state index in [2.05, 4.69) is 14.7 Å². The van der Waals surface area contributed by atoms with E-state index in [1.807, 2.05) is 6.07 Å². The number of hydrogen-bond donors (Lipinski definition) is 2. The molecular weight excluding hydrogens is 204 g/mol. The molecule has 0 aliphatic rings. The van der Waals surface area contributed by atoms with Crippen molar-refractivity contribution in [2.24, 2.45) is 0 Å². The summed E-state index contributed by atoms with van der Waals surface area (Å²) in [6.07, 6.45) is 1.39. The molecule has 0 bridgehead atoms. The van der Waals surface area contributed by atoms with Crippen molar-refractivity contribution in [3.63, 3.8) is 0 Å². The standard InChI is InChI=1S/C7H10N4O2S/c1-6-9-5-7(11-6)14(12,13)10-4-2-3-8/h5,10H,2,4H2,1H3,(H,9,11). The predicted octanol–water partition coefficient (Wildman–Crippen LogP) is -0.0899. The van der Waals surface area contributed by atoms with Crippen LogP contribution in [0.15, 0.2) is 11.2 Å². The Morgan fingerprint density at radius 1 is 1.71 bits per heavy atom. The Balaban J connectivity index is 2.72. The van der Waals surface area contributed by atoms with Crippen LogP contribution in [0.1, 0.15) is 12.2 Å². The second kappa shape index (κ2) is 4.21. The van der Waals surface area contributed by atoms with Crippen LogP contribution in [0.5, 0.6) is 0 Å². The minimum atomic E-state index is -3.53. The van der Waals surface area contributed by atoms with Crippen molar-refractivity contribution in [1.82, 2.24) is 14.7 Å². The Labute approximate surface area is 82.0 Å². The summed E-state index contributed by atoms with van der Waals surface area (Å²) < 4.78 is 25.1. The van der Waals surface area contributed by atoms with Crippen LogP contribution in [-0.4, -0.2) is 24.9 Å². The Hall–Kier alpha value is -1.39. The first-order valence-corrected chi connectivity index (χ1v) is 5.43. The van der Waals surface area contributed by atoms with Crippen molar-refractivity contribution in [2.75, 3.05) is 6.54 Å². The molecule has 7 heteroatoms. The predicted molar refractivity (Wildman–Crippen MR) is 48.7 cm³/mol. The molecule has 0 aliphatic carbocycles. The highest BCUT2D eigenvalue weighted by Gasteiger charge is 2.15. The Morgan fingerprint density at radius 3 is 2.93 bits per heavy atom. The van der Waals surface area contributed by atoms with Gasteiger partial charge in [-0.25, -0.2) is 18.1 Å². The molecule has 6 nitrogen and oxygen atoms in total. The van der Waals surface area contributed by atoms with Gasteiger partial charge in [-0.3, -0.25) is 0 Å². The van der Waals surface area contributed by atoms with Gasteiger partial charge in [0.2, 0.25) is 0 Å². The van der Waals surface area contributed by atoms with Gasteiger partial charge >= 0.3 is 0 Å². The summed E-state index contributed by atoms with van der Waals surface area (Å²) in [4.78, 5) is 6.37. The molecule has 0 saturated carbocycles. The third-order valence-electron chi connectivity index (χ3n) is 1.50. The molecule has 76 valence electrons. The van der Waals surface area contributed by atoms with Crippen LogP contribution in [0, 0.1) is 18.3 Å². The monoisotopic (exact) mass is 214 g/mol. The highest BCUT2D eigenvalue weighted by atomic mass is 32.2. The van der Waals surface area contributed by atoms with Gasteiger partial charge in [0.05, 0.1) is 12.3 Å². The molecule has 1 aromatic heterocycles. The Morgan fingerprint density at radius 2 is 2.43 bits per heavy atom. The van der Waals surface area contributed by atoms with E-state index in [0.717, 1.165) is 0 Å². The fraction of sp³-hybridized carbons (Fsp3) is 0.429. The van der Waals surface area contributed by atoms with Gasteiger partial charge in [0.15, 0.2) is 5.03 Å². The summed E-state index contributed by atoms with van der Waals surface area (Å²) in [5.74, 6) is 0.533. The first-order valence-electron chi connectivity index (χ1n) is 3.94. The van der Waals surface area contributed by atoms with Crippen molar-refractivity contribution in [3.05, 3.63) is 12.0 Å². The summed E-state index contributed by atoms with van der Waals surface area (Å²) in [5.41, 5.74) is 0. The van der Waals surface area contributed by atoms with E-state index in [1.165, 1.54) is 6.20 Å². The number of hydrogen-bond acceptors (Lipinski definition) is 4. The highest BCUT2D eigenvalue weighted by molar-refractivity contribution is 7.89. The van der Waals surface area contributed by atoms with Gasteiger partial charge in [0.25, 0.3) is 10.0 Å². The second-order valence-corrected chi connectivity index (χ2v) is 4.37. The van der Waals surface area contributed by atoms with E-state index >= 15 is 0 Å². The van der Waals surface area contributed by atoms with Gasteiger partial charge in [-0.05, 0) is 6.92 Å². The number of nitriles is 1. The molecule has 1 aromatic rings. The van der Waals surface area contributed by atoms with E-state index in [4.69, 9.17) is 5.26 Å². The largest absolute Gasteiger partial charge is 0.332 e. The number of imidazole rings is 1. The van der Waals surface area contributed by atoms with Gasteiger partial charge < -0.3 is 4.98 Å². The van der Waals surface area contributed by atoms with Crippen molar-refractivity contribution >= 4 is 10.0 Å². The number of nitrogens with zero attached hydrogens (tertiary/aromatic N) is 2. The number of sulfonamides is 1. The molecule has 0 aliphatic heterocycles. The first-order chi connectivity index (χ1) is 6.56.